The van der Waals surface area contributed by atoms with Crippen molar-refractivity contribution in [3.8, 4) is 5.75 Å². The molecular formula is C17H29NO. The number of rotatable bonds is 9. The molecule has 0 saturated heterocycles. The van der Waals surface area contributed by atoms with Gasteiger partial charge >= 0.3 is 0 Å². The second-order valence-electron chi connectivity index (χ2n) is 5.26. The standard InChI is InChI=1S/C17H29NO/c1-5-12-18-14(4)13-15-8-10-17(11-9-15)19-16(6-2)7-3/h8-11,14,16,18H,5-7,12-13H2,1-4H3. The van der Waals surface area contributed by atoms with Crippen LogP contribution in [0.1, 0.15) is 52.5 Å². The van der Waals surface area contributed by atoms with E-state index in [0.717, 1.165) is 31.6 Å². The second-order valence-corrected chi connectivity index (χ2v) is 5.26. The molecule has 0 saturated carbocycles. The van der Waals surface area contributed by atoms with Gasteiger partial charge in [0, 0.05) is 6.04 Å². The summed E-state index contributed by atoms with van der Waals surface area (Å²) in [6.45, 7) is 9.87. The Kier molecular flexibility index (Phi) is 7.57. The van der Waals surface area contributed by atoms with Gasteiger partial charge in [0.2, 0.25) is 0 Å². The fourth-order valence-electron chi connectivity index (χ4n) is 2.17. The first-order valence-electron chi connectivity index (χ1n) is 7.68. The van der Waals surface area contributed by atoms with Crippen LogP contribution in [-0.2, 0) is 6.42 Å². The number of benzene rings is 1. The van der Waals surface area contributed by atoms with Crippen LogP contribution in [0.4, 0.5) is 0 Å². The fourth-order valence-corrected chi connectivity index (χ4v) is 2.17. The Balaban J connectivity index is 2.47. The van der Waals surface area contributed by atoms with E-state index >= 15 is 0 Å². The minimum atomic E-state index is 0.344. The van der Waals surface area contributed by atoms with Crippen molar-refractivity contribution >= 4 is 0 Å². The first-order chi connectivity index (χ1) is 9.19. The van der Waals surface area contributed by atoms with Gasteiger partial charge in [0.1, 0.15) is 5.75 Å². The van der Waals surface area contributed by atoms with Gasteiger partial charge in [-0.25, -0.2) is 0 Å². The Morgan fingerprint density at radius 2 is 1.68 bits per heavy atom. The van der Waals surface area contributed by atoms with E-state index in [9.17, 15) is 0 Å². The Morgan fingerprint density at radius 3 is 2.21 bits per heavy atom. The van der Waals surface area contributed by atoms with Crippen molar-refractivity contribution in [2.45, 2.75) is 65.5 Å². The van der Waals surface area contributed by atoms with E-state index in [1.54, 1.807) is 0 Å². The van der Waals surface area contributed by atoms with Crippen LogP contribution in [0.3, 0.4) is 0 Å². The smallest absolute Gasteiger partial charge is 0.119 e. The Morgan fingerprint density at radius 1 is 1.05 bits per heavy atom. The van der Waals surface area contributed by atoms with Crippen LogP contribution < -0.4 is 10.1 Å². The Hall–Kier alpha value is -1.02. The Labute approximate surface area is 118 Å². The molecule has 0 radical (unpaired) electrons. The highest BCUT2D eigenvalue weighted by Crippen LogP contribution is 2.17. The van der Waals surface area contributed by atoms with Crippen molar-refractivity contribution in [1.82, 2.24) is 5.32 Å². The van der Waals surface area contributed by atoms with Crippen LogP contribution in [0, 0.1) is 0 Å². The summed E-state index contributed by atoms with van der Waals surface area (Å²) in [4.78, 5) is 0. The zero-order valence-electron chi connectivity index (χ0n) is 12.9. The van der Waals surface area contributed by atoms with Gasteiger partial charge in [-0.05, 0) is 56.8 Å². The molecule has 0 amide bonds. The van der Waals surface area contributed by atoms with Gasteiger partial charge < -0.3 is 10.1 Å². The molecule has 2 nitrogen and oxygen atoms in total. The molecule has 1 rings (SSSR count). The molecule has 0 aliphatic rings. The van der Waals surface area contributed by atoms with Crippen LogP contribution in [0.2, 0.25) is 0 Å². The van der Waals surface area contributed by atoms with Gasteiger partial charge in [0.05, 0.1) is 6.10 Å². The average molecular weight is 263 g/mol. The SMILES string of the molecule is CCCNC(C)Cc1ccc(OC(CC)CC)cc1. The number of hydrogen-bond acceptors (Lipinski definition) is 2. The maximum absolute atomic E-state index is 5.92. The van der Waals surface area contributed by atoms with Gasteiger partial charge in [-0.3, -0.25) is 0 Å². The fraction of sp³-hybridized carbons (Fsp3) is 0.647. The molecule has 1 aromatic rings. The lowest BCUT2D eigenvalue weighted by molar-refractivity contribution is 0.193. The lowest BCUT2D eigenvalue weighted by atomic mass is 10.1. The van der Waals surface area contributed by atoms with E-state index in [4.69, 9.17) is 4.74 Å². The van der Waals surface area contributed by atoms with Gasteiger partial charge in [-0.2, -0.15) is 0 Å². The highest BCUT2D eigenvalue weighted by atomic mass is 16.5. The third-order valence-corrected chi connectivity index (χ3v) is 3.42. The Bertz CT molecular complexity index is 330. The molecule has 1 unspecified atom stereocenters. The third-order valence-electron chi connectivity index (χ3n) is 3.42. The third kappa shape index (κ3) is 6.11. The van der Waals surface area contributed by atoms with Crippen molar-refractivity contribution < 1.29 is 4.74 Å². The molecule has 108 valence electrons. The summed E-state index contributed by atoms with van der Waals surface area (Å²) >= 11 is 0. The molecule has 19 heavy (non-hydrogen) atoms. The van der Waals surface area contributed by atoms with Crippen LogP contribution in [0.25, 0.3) is 0 Å². The normalized spacial score (nSPS) is 12.7. The van der Waals surface area contributed by atoms with Gasteiger partial charge in [-0.1, -0.05) is 32.9 Å². The van der Waals surface area contributed by atoms with Crippen LogP contribution >= 0.6 is 0 Å². The summed E-state index contributed by atoms with van der Waals surface area (Å²) < 4.78 is 5.92. The predicted octanol–water partition coefficient (Wildman–Crippen LogP) is 4.18. The molecule has 0 fully saturated rings. The first-order valence-corrected chi connectivity index (χ1v) is 7.68. The molecule has 0 spiro atoms. The molecule has 1 aromatic carbocycles. The quantitative estimate of drug-likeness (QED) is 0.721. The molecular weight excluding hydrogens is 234 g/mol. The molecule has 1 N–H and O–H groups in total. The van der Waals surface area contributed by atoms with E-state index in [-0.39, 0.29) is 0 Å². The summed E-state index contributed by atoms with van der Waals surface area (Å²) in [7, 11) is 0. The van der Waals surface area contributed by atoms with Crippen LogP contribution in [0.15, 0.2) is 24.3 Å². The van der Waals surface area contributed by atoms with Crippen molar-refractivity contribution in [3.05, 3.63) is 29.8 Å². The molecule has 0 heterocycles. The average Bonchev–Trinajstić information content (AvgIpc) is 2.44. The lowest BCUT2D eigenvalue weighted by Gasteiger charge is -2.16. The monoisotopic (exact) mass is 263 g/mol. The number of ether oxygens (including phenoxy) is 1. The van der Waals surface area contributed by atoms with Crippen LogP contribution in [-0.4, -0.2) is 18.7 Å². The van der Waals surface area contributed by atoms with Crippen molar-refractivity contribution in [3.63, 3.8) is 0 Å². The highest BCUT2D eigenvalue weighted by molar-refractivity contribution is 5.28. The number of hydrogen-bond donors (Lipinski definition) is 1. The summed E-state index contributed by atoms with van der Waals surface area (Å²) in [5.74, 6) is 0.992. The maximum Gasteiger partial charge on any atom is 0.119 e. The molecule has 0 bridgehead atoms. The van der Waals surface area contributed by atoms with Crippen molar-refractivity contribution in [1.29, 1.82) is 0 Å². The summed E-state index contributed by atoms with van der Waals surface area (Å²) in [6.07, 6.45) is 4.74. The first kappa shape index (κ1) is 16.0. The van der Waals surface area contributed by atoms with Gasteiger partial charge in [0.25, 0.3) is 0 Å². The topological polar surface area (TPSA) is 21.3 Å². The lowest BCUT2D eigenvalue weighted by Crippen LogP contribution is -2.28. The molecule has 0 aliphatic carbocycles. The van der Waals surface area contributed by atoms with E-state index < -0.39 is 0 Å². The minimum absolute atomic E-state index is 0.344. The highest BCUT2D eigenvalue weighted by Gasteiger charge is 2.06. The zero-order chi connectivity index (χ0) is 14.1. The molecule has 0 aromatic heterocycles. The van der Waals surface area contributed by atoms with E-state index in [0.29, 0.717) is 12.1 Å². The minimum Gasteiger partial charge on any atom is -0.490 e. The predicted molar refractivity (Wildman–Crippen MR) is 82.9 cm³/mol. The molecule has 1 atom stereocenters. The summed E-state index contributed by atoms with van der Waals surface area (Å²) in [6, 6.07) is 9.09. The maximum atomic E-state index is 5.92. The van der Waals surface area contributed by atoms with E-state index in [1.165, 1.54) is 12.0 Å². The van der Waals surface area contributed by atoms with Gasteiger partial charge in [-0.15, -0.1) is 0 Å². The van der Waals surface area contributed by atoms with Crippen LogP contribution in [0.5, 0.6) is 5.75 Å². The zero-order valence-corrected chi connectivity index (χ0v) is 12.9. The second kappa shape index (κ2) is 8.98. The van der Waals surface area contributed by atoms with Crippen molar-refractivity contribution in [2.75, 3.05) is 6.54 Å². The van der Waals surface area contributed by atoms with Gasteiger partial charge in [0.15, 0.2) is 0 Å². The van der Waals surface area contributed by atoms with Crippen molar-refractivity contribution in [2.24, 2.45) is 0 Å². The van der Waals surface area contributed by atoms with E-state index in [1.807, 2.05) is 0 Å². The molecule has 2 heteroatoms. The molecule has 0 aliphatic heterocycles. The summed E-state index contributed by atoms with van der Waals surface area (Å²) in [5, 5.41) is 3.51. The number of nitrogens with one attached hydrogen (secondary N) is 1. The largest absolute Gasteiger partial charge is 0.490 e. The summed E-state index contributed by atoms with van der Waals surface area (Å²) in [5.41, 5.74) is 1.37. The van der Waals surface area contributed by atoms with E-state index in [2.05, 4.69) is 57.3 Å².